The summed E-state index contributed by atoms with van der Waals surface area (Å²) in [6, 6.07) is 9.01. The molecule has 170 valence electrons. The summed E-state index contributed by atoms with van der Waals surface area (Å²) in [6.07, 6.45) is 21.8. The largest absolute Gasteiger partial charge is 0.425 e. The van der Waals surface area contributed by atoms with Crippen LogP contribution in [0.4, 0.5) is 0 Å². The molecule has 0 saturated carbocycles. The number of carbonyl (C=O) groups is 1. The Bertz CT molecular complexity index is 730. The number of hydrogen-bond acceptors (Lipinski definition) is 3. The molecular formula is C28H41NO2. The molecule has 1 heterocycles. The molecule has 2 unspecified atom stereocenters. The molecule has 3 heteroatoms. The minimum atomic E-state index is -0.121. The van der Waals surface area contributed by atoms with Gasteiger partial charge in [-0.15, -0.1) is 0 Å². The van der Waals surface area contributed by atoms with Crippen molar-refractivity contribution in [3.8, 4) is 0 Å². The molecule has 0 radical (unpaired) electrons. The van der Waals surface area contributed by atoms with Crippen LogP contribution in [-0.4, -0.2) is 5.97 Å². The minimum absolute atomic E-state index is 0.00814. The van der Waals surface area contributed by atoms with Gasteiger partial charge in [0.15, 0.2) is 0 Å². The molecule has 1 aliphatic carbocycles. The van der Waals surface area contributed by atoms with Crippen molar-refractivity contribution in [2.75, 3.05) is 0 Å². The molecule has 0 saturated heterocycles. The van der Waals surface area contributed by atoms with E-state index in [9.17, 15) is 4.79 Å². The first-order valence-corrected chi connectivity index (χ1v) is 12.4. The summed E-state index contributed by atoms with van der Waals surface area (Å²) in [7, 11) is 0. The molecule has 1 N–H and O–H groups in total. The molecule has 1 aliphatic heterocycles. The topological polar surface area (TPSA) is 38.3 Å². The predicted molar refractivity (Wildman–Crippen MR) is 131 cm³/mol. The lowest BCUT2D eigenvalue weighted by atomic mass is 9.95. The molecule has 0 aromatic heterocycles. The molecule has 0 spiro atoms. The van der Waals surface area contributed by atoms with E-state index in [-0.39, 0.29) is 17.9 Å². The molecule has 3 rings (SSSR count). The smallest absolute Gasteiger partial charge is 0.314 e. The van der Waals surface area contributed by atoms with Gasteiger partial charge in [0.2, 0.25) is 0 Å². The fourth-order valence-corrected chi connectivity index (χ4v) is 3.95. The van der Waals surface area contributed by atoms with Crippen molar-refractivity contribution in [3.05, 3.63) is 71.7 Å². The van der Waals surface area contributed by atoms with E-state index < -0.39 is 0 Å². The fraction of sp³-hybridized carbons (Fsp3) is 0.536. The summed E-state index contributed by atoms with van der Waals surface area (Å²) in [5.74, 6) is 0.469. The number of unbranched alkanes of at least 4 members (excludes halogenated alkanes) is 5. The van der Waals surface area contributed by atoms with Gasteiger partial charge >= 0.3 is 5.97 Å². The predicted octanol–water partition coefficient (Wildman–Crippen LogP) is 7.56. The van der Waals surface area contributed by atoms with E-state index in [0.29, 0.717) is 5.76 Å². The van der Waals surface area contributed by atoms with Gasteiger partial charge in [-0.1, -0.05) is 95.4 Å². The van der Waals surface area contributed by atoms with Gasteiger partial charge in [-0.05, 0) is 49.3 Å². The summed E-state index contributed by atoms with van der Waals surface area (Å²) in [6.45, 7) is 6.26. The SMILES string of the molecule is CC.CCCCCCCCc1ccc(C2C=CC(OC(=O)C3CC=CCC3)=CN2)cc1. The standard InChI is InChI=1S/C26H35NO2.C2H6/c1-2-3-4-5-6-8-11-21-14-16-22(17-15-21)25-19-18-24(20-27-25)29-26(28)23-12-9-7-10-13-23;1-2/h7,9,14-20,23,25,27H,2-6,8,10-13H2,1H3;1-2H3. The fourth-order valence-electron chi connectivity index (χ4n) is 3.95. The van der Waals surface area contributed by atoms with Crippen LogP contribution in [0.3, 0.4) is 0 Å². The normalized spacial score (nSPS) is 19.6. The number of benzene rings is 1. The zero-order chi connectivity index (χ0) is 22.3. The lowest BCUT2D eigenvalue weighted by molar-refractivity contribution is -0.144. The second-order valence-electron chi connectivity index (χ2n) is 8.21. The quantitative estimate of drug-likeness (QED) is 0.240. The number of rotatable bonds is 10. The van der Waals surface area contributed by atoms with Crippen LogP contribution in [0.15, 0.2) is 60.5 Å². The lowest BCUT2D eigenvalue weighted by Crippen LogP contribution is -2.22. The van der Waals surface area contributed by atoms with Crippen molar-refractivity contribution in [3.63, 3.8) is 0 Å². The third kappa shape index (κ3) is 8.77. The molecular weight excluding hydrogens is 382 g/mol. The molecule has 0 amide bonds. The Labute approximate surface area is 189 Å². The molecule has 31 heavy (non-hydrogen) atoms. The molecule has 1 aromatic rings. The van der Waals surface area contributed by atoms with Gasteiger partial charge in [0.1, 0.15) is 5.76 Å². The van der Waals surface area contributed by atoms with Crippen LogP contribution in [0.1, 0.15) is 95.7 Å². The van der Waals surface area contributed by atoms with Crippen molar-refractivity contribution in [2.24, 2.45) is 5.92 Å². The number of dihydropyridines is 1. The third-order valence-electron chi connectivity index (χ3n) is 5.84. The maximum absolute atomic E-state index is 12.3. The number of esters is 1. The van der Waals surface area contributed by atoms with Gasteiger partial charge in [-0.2, -0.15) is 0 Å². The highest BCUT2D eigenvalue weighted by Gasteiger charge is 2.22. The van der Waals surface area contributed by atoms with Crippen LogP contribution in [0.2, 0.25) is 0 Å². The van der Waals surface area contributed by atoms with E-state index in [1.807, 2.05) is 26.1 Å². The van der Waals surface area contributed by atoms with Gasteiger partial charge in [-0.3, -0.25) is 4.79 Å². The lowest BCUT2D eigenvalue weighted by Gasteiger charge is -2.21. The van der Waals surface area contributed by atoms with Crippen molar-refractivity contribution in [1.29, 1.82) is 0 Å². The molecule has 0 fully saturated rings. The van der Waals surface area contributed by atoms with Crippen LogP contribution in [0.25, 0.3) is 0 Å². The molecule has 2 aliphatic rings. The average molecular weight is 424 g/mol. The molecule has 1 aromatic carbocycles. The van der Waals surface area contributed by atoms with Gasteiger partial charge in [0.05, 0.1) is 12.0 Å². The van der Waals surface area contributed by atoms with Crippen LogP contribution in [-0.2, 0) is 16.0 Å². The number of hydrogen-bond donors (Lipinski definition) is 1. The number of aryl methyl sites for hydroxylation is 1. The van der Waals surface area contributed by atoms with Crippen LogP contribution in [0.5, 0.6) is 0 Å². The summed E-state index contributed by atoms with van der Waals surface area (Å²) >= 11 is 0. The Balaban J connectivity index is 0.00000166. The van der Waals surface area contributed by atoms with Crippen molar-refractivity contribution in [1.82, 2.24) is 5.32 Å². The van der Waals surface area contributed by atoms with Crippen molar-refractivity contribution in [2.45, 2.75) is 91.0 Å². The Morgan fingerprint density at radius 2 is 1.77 bits per heavy atom. The Morgan fingerprint density at radius 1 is 1.03 bits per heavy atom. The monoisotopic (exact) mass is 423 g/mol. The number of carbonyl (C=O) groups excluding carboxylic acids is 1. The van der Waals surface area contributed by atoms with Gasteiger partial charge < -0.3 is 10.1 Å². The maximum atomic E-state index is 12.3. The Morgan fingerprint density at radius 3 is 2.42 bits per heavy atom. The van der Waals surface area contributed by atoms with E-state index in [0.717, 1.165) is 25.7 Å². The van der Waals surface area contributed by atoms with E-state index >= 15 is 0 Å². The summed E-state index contributed by atoms with van der Waals surface area (Å²) in [5.41, 5.74) is 2.64. The van der Waals surface area contributed by atoms with E-state index in [1.54, 1.807) is 0 Å². The Hall–Kier alpha value is -2.29. The highest BCUT2D eigenvalue weighted by molar-refractivity contribution is 5.74. The van der Waals surface area contributed by atoms with Gasteiger partial charge in [0, 0.05) is 6.20 Å². The first-order chi connectivity index (χ1) is 15.3. The molecule has 3 nitrogen and oxygen atoms in total. The Kier molecular flexibility index (Phi) is 11.8. The maximum Gasteiger partial charge on any atom is 0.314 e. The van der Waals surface area contributed by atoms with E-state index in [2.05, 4.69) is 54.7 Å². The summed E-state index contributed by atoms with van der Waals surface area (Å²) < 4.78 is 5.55. The van der Waals surface area contributed by atoms with E-state index in [1.165, 1.54) is 49.7 Å². The molecule has 0 bridgehead atoms. The van der Waals surface area contributed by atoms with E-state index in [4.69, 9.17) is 4.74 Å². The first kappa shape index (κ1) is 25.0. The average Bonchev–Trinajstić information content (AvgIpc) is 2.84. The first-order valence-electron chi connectivity index (χ1n) is 12.4. The minimum Gasteiger partial charge on any atom is -0.425 e. The third-order valence-corrected chi connectivity index (χ3v) is 5.84. The zero-order valence-corrected chi connectivity index (χ0v) is 19.7. The van der Waals surface area contributed by atoms with Crippen molar-refractivity contribution >= 4 is 5.97 Å². The van der Waals surface area contributed by atoms with Crippen LogP contribution in [0, 0.1) is 5.92 Å². The summed E-state index contributed by atoms with van der Waals surface area (Å²) in [4.78, 5) is 12.3. The number of nitrogens with one attached hydrogen (secondary N) is 1. The molecule has 2 atom stereocenters. The zero-order valence-electron chi connectivity index (χ0n) is 19.7. The second-order valence-corrected chi connectivity index (χ2v) is 8.21. The summed E-state index contributed by atoms with van der Waals surface area (Å²) in [5, 5.41) is 3.35. The number of ether oxygens (including phenoxy) is 1. The number of allylic oxidation sites excluding steroid dienone is 3. The van der Waals surface area contributed by atoms with Crippen LogP contribution < -0.4 is 5.32 Å². The van der Waals surface area contributed by atoms with Crippen LogP contribution >= 0.6 is 0 Å². The second kappa shape index (κ2) is 14.7. The van der Waals surface area contributed by atoms with Gasteiger partial charge in [0.25, 0.3) is 0 Å². The highest BCUT2D eigenvalue weighted by Crippen LogP contribution is 2.24. The van der Waals surface area contributed by atoms with Gasteiger partial charge in [-0.25, -0.2) is 0 Å². The highest BCUT2D eigenvalue weighted by atomic mass is 16.5. The van der Waals surface area contributed by atoms with Crippen molar-refractivity contribution < 1.29 is 9.53 Å².